The van der Waals surface area contributed by atoms with Gasteiger partial charge >= 0.3 is 17.3 Å². The van der Waals surface area contributed by atoms with Crippen LogP contribution in [-0.4, -0.2) is 34.3 Å². The molecule has 0 heterocycles. The monoisotopic (exact) mass is 339 g/mol. The van der Waals surface area contributed by atoms with Crippen molar-refractivity contribution in [2.24, 2.45) is 4.99 Å². The van der Waals surface area contributed by atoms with Gasteiger partial charge in [0.15, 0.2) is 11.4 Å². The van der Waals surface area contributed by atoms with Crippen molar-refractivity contribution in [3.8, 4) is 6.19 Å². The molecule has 11 nitrogen and oxygen atoms in total. The lowest BCUT2D eigenvalue weighted by atomic mass is 10.1. The third kappa shape index (κ3) is 4.14. The minimum absolute atomic E-state index is 0.0791. The number of ether oxygens (including phenoxy) is 1. The highest BCUT2D eigenvalue weighted by molar-refractivity contribution is 8.13. The van der Waals surface area contributed by atoms with Crippen LogP contribution in [0.25, 0.3) is 0 Å². The van der Waals surface area contributed by atoms with Crippen LogP contribution in [0.2, 0.25) is 0 Å². The van der Waals surface area contributed by atoms with Crippen LogP contribution in [0.15, 0.2) is 17.1 Å². The van der Waals surface area contributed by atoms with Crippen LogP contribution >= 0.6 is 11.8 Å². The Labute approximate surface area is 133 Å². The summed E-state index contributed by atoms with van der Waals surface area (Å²) in [5, 5.41) is 32.9. The molecule has 0 atom stereocenters. The van der Waals surface area contributed by atoms with Gasteiger partial charge in [0.25, 0.3) is 0 Å². The first-order chi connectivity index (χ1) is 10.8. The number of nitrogens with one attached hydrogen (secondary N) is 1. The Morgan fingerprint density at radius 1 is 1.35 bits per heavy atom. The van der Waals surface area contributed by atoms with E-state index in [9.17, 15) is 25.0 Å². The van der Waals surface area contributed by atoms with Crippen molar-refractivity contribution in [2.45, 2.75) is 0 Å². The third-order valence-electron chi connectivity index (χ3n) is 2.45. The van der Waals surface area contributed by atoms with Crippen molar-refractivity contribution in [1.82, 2.24) is 5.32 Å². The van der Waals surface area contributed by atoms with Gasteiger partial charge in [0.05, 0.1) is 22.5 Å². The number of carbonyl (C=O) groups is 1. The van der Waals surface area contributed by atoms with Crippen LogP contribution in [0.5, 0.6) is 0 Å². The summed E-state index contributed by atoms with van der Waals surface area (Å²) in [6, 6.07) is 1.64. The number of hydrogen-bond acceptors (Lipinski definition) is 9. The first-order valence-electron chi connectivity index (χ1n) is 5.68. The van der Waals surface area contributed by atoms with Gasteiger partial charge < -0.3 is 4.74 Å². The molecule has 1 rings (SSSR count). The second-order valence-corrected chi connectivity index (χ2v) is 4.52. The average molecular weight is 339 g/mol. The van der Waals surface area contributed by atoms with Gasteiger partial charge in [-0.2, -0.15) is 5.26 Å². The van der Waals surface area contributed by atoms with E-state index < -0.39 is 32.9 Å². The van der Waals surface area contributed by atoms with Gasteiger partial charge in [0.2, 0.25) is 5.69 Å². The second-order valence-electron chi connectivity index (χ2n) is 3.73. The molecule has 0 amide bonds. The fraction of sp³-hybridized carbons (Fsp3) is 0.182. The summed E-state index contributed by atoms with van der Waals surface area (Å²) in [5.41, 5.74) is -2.46. The van der Waals surface area contributed by atoms with Crippen molar-refractivity contribution in [1.29, 1.82) is 5.26 Å². The lowest BCUT2D eigenvalue weighted by molar-refractivity contribution is -0.392. The molecule has 12 heteroatoms. The second kappa shape index (κ2) is 7.71. The van der Waals surface area contributed by atoms with Crippen LogP contribution in [0.3, 0.4) is 0 Å². The molecule has 120 valence electrons. The van der Waals surface area contributed by atoms with Gasteiger partial charge in [0, 0.05) is 12.1 Å². The summed E-state index contributed by atoms with van der Waals surface area (Å²) >= 11 is 0.925. The van der Waals surface area contributed by atoms with Crippen molar-refractivity contribution >= 4 is 40.0 Å². The Bertz CT molecular complexity index is 706. The first-order valence-corrected chi connectivity index (χ1v) is 6.91. The first kappa shape index (κ1) is 17.9. The molecule has 0 spiro atoms. The van der Waals surface area contributed by atoms with E-state index in [0.717, 1.165) is 31.0 Å². The number of amidine groups is 1. The van der Waals surface area contributed by atoms with E-state index >= 15 is 0 Å². The summed E-state index contributed by atoms with van der Waals surface area (Å²) in [6.07, 6.45) is 3.08. The zero-order chi connectivity index (χ0) is 17.6. The van der Waals surface area contributed by atoms with Crippen LogP contribution in [0, 0.1) is 31.7 Å². The van der Waals surface area contributed by atoms with E-state index in [2.05, 4.69) is 15.0 Å². The average Bonchev–Trinajstić information content (AvgIpc) is 2.52. The van der Waals surface area contributed by atoms with Gasteiger partial charge in [0.1, 0.15) is 0 Å². The largest absolute Gasteiger partial charge is 0.465 e. The number of rotatable bonds is 4. The number of hydrogen-bond donors (Lipinski definition) is 1. The van der Waals surface area contributed by atoms with Gasteiger partial charge in [-0.3, -0.25) is 25.5 Å². The summed E-state index contributed by atoms with van der Waals surface area (Å²) < 4.78 is 4.41. The predicted molar refractivity (Wildman–Crippen MR) is 80.4 cm³/mol. The quantitative estimate of drug-likeness (QED) is 0.164. The molecule has 0 aliphatic carbocycles. The van der Waals surface area contributed by atoms with E-state index in [1.807, 2.05) is 0 Å². The number of benzene rings is 1. The van der Waals surface area contributed by atoms with Crippen LogP contribution in [0.4, 0.5) is 17.1 Å². The molecule has 23 heavy (non-hydrogen) atoms. The molecule has 0 aliphatic rings. The summed E-state index contributed by atoms with van der Waals surface area (Å²) in [7, 11) is 1.04. The summed E-state index contributed by atoms with van der Waals surface area (Å²) in [4.78, 5) is 35.7. The minimum atomic E-state index is -0.966. The standard InChI is InChI=1S/C11H9N5O6S/c1-22-10(17)6-3-7(15(18)19)9(8(4-6)16(20)21)14-11(23-2)13-5-12/h3-4H,1-2H3,(H,13,14). The van der Waals surface area contributed by atoms with Crippen LogP contribution in [-0.2, 0) is 4.74 Å². The Kier molecular flexibility index (Phi) is 5.98. The van der Waals surface area contributed by atoms with Crippen molar-refractivity contribution in [2.75, 3.05) is 13.4 Å². The van der Waals surface area contributed by atoms with Crippen LogP contribution < -0.4 is 5.32 Å². The maximum Gasteiger partial charge on any atom is 0.338 e. The van der Waals surface area contributed by atoms with E-state index in [0.29, 0.717) is 0 Å². The highest BCUT2D eigenvalue weighted by Gasteiger charge is 2.29. The Balaban J connectivity index is 3.72. The Morgan fingerprint density at radius 3 is 2.22 bits per heavy atom. The maximum absolute atomic E-state index is 11.5. The molecule has 0 aliphatic heterocycles. The number of carbonyl (C=O) groups excluding carboxylic acids is 1. The number of thioether (sulfide) groups is 1. The Morgan fingerprint density at radius 2 is 1.87 bits per heavy atom. The van der Waals surface area contributed by atoms with Gasteiger partial charge in [-0.25, -0.2) is 9.79 Å². The molecule has 1 aromatic carbocycles. The van der Waals surface area contributed by atoms with Gasteiger partial charge in [-0.1, -0.05) is 11.8 Å². The molecule has 0 bridgehead atoms. The number of methoxy groups -OCH3 is 1. The zero-order valence-electron chi connectivity index (χ0n) is 11.8. The van der Waals surface area contributed by atoms with E-state index in [-0.39, 0.29) is 10.7 Å². The fourth-order valence-corrected chi connectivity index (χ4v) is 1.84. The highest BCUT2D eigenvalue weighted by atomic mass is 32.2. The number of nitro groups is 2. The highest BCUT2D eigenvalue weighted by Crippen LogP contribution is 2.38. The van der Waals surface area contributed by atoms with E-state index in [1.54, 1.807) is 6.19 Å². The topological polar surface area (TPSA) is 161 Å². The molecule has 0 radical (unpaired) electrons. The van der Waals surface area contributed by atoms with Crippen LogP contribution in [0.1, 0.15) is 10.4 Å². The van der Waals surface area contributed by atoms with Gasteiger partial charge in [-0.15, -0.1) is 0 Å². The number of aliphatic imine (C=N–C) groups is 1. The third-order valence-corrected chi connectivity index (χ3v) is 3.03. The zero-order valence-corrected chi connectivity index (χ0v) is 12.6. The van der Waals surface area contributed by atoms with Gasteiger partial charge in [-0.05, 0) is 6.26 Å². The molecule has 0 saturated carbocycles. The molecule has 1 N–H and O–H groups in total. The molecule has 1 aromatic rings. The molecule has 0 fully saturated rings. The molecule has 0 unspecified atom stereocenters. The van der Waals surface area contributed by atoms with Crippen molar-refractivity contribution in [3.05, 3.63) is 37.9 Å². The summed E-state index contributed by atoms with van der Waals surface area (Å²) in [6.45, 7) is 0. The van der Waals surface area contributed by atoms with E-state index in [4.69, 9.17) is 5.26 Å². The molecule has 0 aromatic heterocycles. The number of nitrogens with zero attached hydrogens (tertiary/aromatic N) is 4. The molecule has 0 saturated heterocycles. The lowest BCUT2D eigenvalue weighted by Gasteiger charge is -2.05. The lowest BCUT2D eigenvalue weighted by Crippen LogP contribution is -2.13. The molecular weight excluding hydrogens is 330 g/mol. The smallest absolute Gasteiger partial charge is 0.338 e. The normalized spacial score (nSPS) is 10.6. The Hall–Kier alpha value is -3.20. The number of nitro benzene ring substituents is 2. The maximum atomic E-state index is 11.5. The molecular formula is C11H9N5O6S. The number of nitriles is 1. The SMILES string of the molecule is COC(=O)c1cc([N+](=O)[O-])c(N=C(NC#N)SC)c([N+](=O)[O-])c1. The number of esters is 1. The van der Waals surface area contributed by atoms with E-state index in [1.165, 1.54) is 6.26 Å². The minimum Gasteiger partial charge on any atom is -0.465 e. The predicted octanol–water partition coefficient (Wildman–Crippen LogP) is 1.71. The fourth-order valence-electron chi connectivity index (χ4n) is 1.51. The summed E-state index contributed by atoms with van der Waals surface area (Å²) in [5.74, 6) is -0.966. The van der Waals surface area contributed by atoms with Crippen molar-refractivity contribution in [3.63, 3.8) is 0 Å². The van der Waals surface area contributed by atoms with Crippen molar-refractivity contribution < 1.29 is 19.4 Å².